The van der Waals surface area contributed by atoms with Gasteiger partial charge in [0.2, 0.25) is 0 Å². The molecule has 3 nitrogen and oxygen atoms in total. The minimum absolute atomic E-state index is 0.0458. The maximum Gasteiger partial charge on any atom is 0.0702 e. The fraction of sp³-hybridized carbons (Fsp3) is 1.00. The number of hydrogen-bond donors (Lipinski definition) is 1. The van der Waals surface area contributed by atoms with E-state index in [4.69, 9.17) is 4.74 Å². The van der Waals surface area contributed by atoms with Gasteiger partial charge in [0, 0.05) is 19.2 Å². The van der Waals surface area contributed by atoms with Gasteiger partial charge in [0.25, 0.3) is 0 Å². The number of aliphatic hydroxyl groups is 1. The van der Waals surface area contributed by atoms with E-state index < -0.39 is 0 Å². The van der Waals surface area contributed by atoms with Gasteiger partial charge in [-0.15, -0.1) is 0 Å². The van der Waals surface area contributed by atoms with E-state index >= 15 is 0 Å². The van der Waals surface area contributed by atoms with Crippen LogP contribution < -0.4 is 0 Å². The van der Waals surface area contributed by atoms with Gasteiger partial charge in [-0.25, -0.2) is 0 Å². The lowest BCUT2D eigenvalue weighted by atomic mass is 9.92. The number of ether oxygens (including phenoxy) is 1. The van der Waals surface area contributed by atoms with Crippen molar-refractivity contribution in [1.82, 2.24) is 4.90 Å². The second-order valence-corrected chi connectivity index (χ2v) is 5.39. The molecule has 0 bridgehead atoms. The third kappa shape index (κ3) is 3.44. The molecule has 2 aliphatic rings. The lowest BCUT2D eigenvalue weighted by Gasteiger charge is -2.36. The zero-order valence-electron chi connectivity index (χ0n) is 10.4. The molecule has 1 aliphatic carbocycles. The highest BCUT2D eigenvalue weighted by atomic mass is 16.5. The van der Waals surface area contributed by atoms with Gasteiger partial charge in [0.05, 0.1) is 12.2 Å². The van der Waals surface area contributed by atoms with Crippen molar-refractivity contribution in [2.45, 2.75) is 63.2 Å². The van der Waals surface area contributed by atoms with Crippen molar-refractivity contribution in [3.63, 3.8) is 0 Å². The molecule has 16 heavy (non-hydrogen) atoms. The molecule has 0 radical (unpaired) electrons. The number of aliphatic hydroxyl groups excluding tert-OH is 1. The van der Waals surface area contributed by atoms with Crippen molar-refractivity contribution in [3.05, 3.63) is 0 Å². The SMILES string of the molecule is CN(CC1CCCCO1)C1CCC(O)CC1. The molecule has 1 heterocycles. The van der Waals surface area contributed by atoms with Crippen molar-refractivity contribution < 1.29 is 9.84 Å². The summed E-state index contributed by atoms with van der Waals surface area (Å²) in [7, 11) is 2.21. The smallest absolute Gasteiger partial charge is 0.0702 e. The van der Waals surface area contributed by atoms with Crippen molar-refractivity contribution in [1.29, 1.82) is 0 Å². The maximum atomic E-state index is 9.49. The van der Waals surface area contributed by atoms with E-state index in [2.05, 4.69) is 11.9 Å². The van der Waals surface area contributed by atoms with E-state index in [0.717, 1.165) is 38.8 Å². The van der Waals surface area contributed by atoms with Crippen LogP contribution in [0.25, 0.3) is 0 Å². The normalized spacial score (nSPS) is 36.6. The van der Waals surface area contributed by atoms with Crippen molar-refractivity contribution in [3.8, 4) is 0 Å². The first-order valence-corrected chi connectivity index (χ1v) is 6.75. The highest BCUT2D eigenvalue weighted by molar-refractivity contribution is 4.79. The zero-order valence-corrected chi connectivity index (χ0v) is 10.4. The van der Waals surface area contributed by atoms with E-state index in [-0.39, 0.29) is 6.10 Å². The van der Waals surface area contributed by atoms with Crippen LogP contribution in [-0.4, -0.2) is 48.5 Å². The van der Waals surface area contributed by atoms with Crippen molar-refractivity contribution >= 4 is 0 Å². The Hall–Kier alpha value is -0.120. The van der Waals surface area contributed by atoms with Crippen LogP contribution in [0.1, 0.15) is 44.9 Å². The molecule has 0 aromatic heterocycles. The Kier molecular flexibility index (Phi) is 4.62. The number of likely N-dealkylation sites (N-methyl/N-ethyl adjacent to an activating group) is 1. The summed E-state index contributed by atoms with van der Waals surface area (Å²) in [6, 6.07) is 0.661. The van der Waals surface area contributed by atoms with Gasteiger partial charge in [-0.1, -0.05) is 0 Å². The lowest BCUT2D eigenvalue weighted by Crippen LogP contribution is -2.42. The lowest BCUT2D eigenvalue weighted by molar-refractivity contribution is -0.0150. The molecular formula is C13H25NO2. The molecule has 0 amide bonds. The average molecular weight is 227 g/mol. The first-order valence-electron chi connectivity index (χ1n) is 6.75. The van der Waals surface area contributed by atoms with Crippen LogP contribution in [-0.2, 0) is 4.74 Å². The molecular weight excluding hydrogens is 202 g/mol. The Morgan fingerprint density at radius 1 is 1.12 bits per heavy atom. The molecule has 1 saturated heterocycles. The van der Waals surface area contributed by atoms with Gasteiger partial charge < -0.3 is 14.7 Å². The predicted octanol–water partition coefficient (Wildman–Crippen LogP) is 1.79. The van der Waals surface area contributed by atoms with Crippen LogP contribution >= 0.6 is 0 Å². The van der Waals surface area contributed by atoms with E-state index in [1.807, 2.05) is 0 Å². The Labute approximate surface area is 98.8 Å². The average Bonchev–Trinajstić information content (AvgIpc) is 2.31. The largest absolute Gasteiger partial charge is 0.393 e. The molecule has 94 valence electrons. The minimum Gasteiger partial charge on any atom is -0.393 e. The van der Waals surface area contributed by atoms with Crippen molar-refractivity contribution in [2.75, 3.05) is 20.2 Å². The van der Waals surface area contributed by atoms with E-state index in [1.165, 1.54) is 19.3 Å². The zero-order chi connectivity index (χ0) is 11.4. The van der Waals surface area contributed by atoms with Crippen LogP contribution in [0.15, 0.2) is 0 Å². The highest BCUT2D eigenvalue weighted by Gasteiger charge is 2.25. The van der Waals surface area contributed by atoms with Gasteiger partial charge in [-0.05, 0) is 52.0 Å². The third-order valence-corrected chi connectivity index (χ3v) is 4.06. The molecule has 0 spiro atoms. The number of nitrogens with zero attached hydrogens (tertiary/aromatic N) is 1. The predicted molar refractivity (Wildman–Crippen MR) is 64.5 cm³/mol. The second kappa shape index (κ2) is 5.99. The van der Waals surface area contributed by atoms with Crippen LogP contribution in [0.3, 0.4) is 0 Å². The first-order chi connectivity index (χ1) is 7.75. The number of hydrogen-bond acceptors (Lipinski definition) is 3. The van der Waals surface area contributed by atoms with Gasteiger partial charge in [-0.3, -0.25) is 0 Å². The molecule has 1 atom stereocenters. The summed E-state index contributed by atoms with van der Waals surface area (Å²) in [5.41, 5.74) is 0. The van der Waals surface area contributed by atoms with Gasteiger partial charge in [0.1, 0.15) is 0 Å². The maximum absolute atomic E-state index is 9.49. The second-order valence-electron chi connectivity index (χ2n) is 5.39. The molecule has 1 saturated carbocycles. The Morgan fingerprint density at radius 3 is 2.50 bits per heavy atom. The fourth-order valence-electron chi connectivity index (χ4n) is 2.92. The first kappa shape index (κ1) is 12.3. The molecule has 0 aromatic carbocycles. The Morgan fingerprint density at radius 2 is 1.88 bits per heavy atom. The molecule has 3 heteroatoms. The molecule has 1 unspecified atom stereocenters. The monoisotopic (exact) mass is 227 g/mol. The summed E-state index contributed by atoms with van der Waals surface area (Å²) in [4.78, 5) is 2.45. The standard InChI is InChI=1S/C13H25NO2/c1-14(10-13-4-2-3-9-16-13)11-5-7-12(15)8-6-11/h11-13,15H,2-10H2,1H3. The Balaban J connectivity index is 1.72. The molecule has 2 rings (SSSR count). The van der Waals surface area contributed by atoms with E-state index in [9.17, 15) is 5.11 Å². The van der Waals surface area contributed by atoms with Crippen LogP contribution in [0, 0.1) is 0 Å². The summed E-state index contributed by atoms with van der Waals surface area (Å²) in [6.45, 7) is 2.02. The minimum atomic E-state index is -0.0458. The summed E-state index contributed by atoms with van der Waals surface area (Å²) < 4.78 is 5.77. The summed E-state index contributed by atoms with van der Waals surface area (Å²) >= 11 is 0. The van der Waals surface area contributed by atoms with Crippen LogP contribution in [0.5, 0.6) is 0 Å². The van der Waals surface area contributed by atoms with E-state index in [1.54, 1.807) is 0 Å². The van der Waals surface area contributed by atoms with Gasteiger partial charge >= 0.3 is 0 Å². The molecule has 1 aliphatic heterocycles. The molecule has 2 fully saturated rings. The summed E-state index contributed by atoms with van der Waals surface area (Å²) in [5, 5.41) is 9.49. The van der Waals surface area contributed by atoms with Gasteiger partial charge in [0.15, 0.2) is 0 Å². The Bertz CT molecular complexity index is 196. The fourth-order valence-corrected chi connectivity index (χ4v) is 2.92. The summed E-state index contributed by atoms with van der Waals surface area (Å²) in [5.74, 6) is 0. The topological polar surface area (TPSA) is 32.7 Å². The van der Waals surface area contributed by atoms with E-state index in [0.29, 0.717) is 12.1 Å². The van der Waals surface area contributed by atoms with Crippen molar-refractivity contribution in [2.24, 2.45) is 0 Å². The quantitative estimate of drug-likeness (QED) is 0.798. The highest BCUT2D eigenvalue weighted by Crippen LogP contribution is 2.23. The number of rotatable bonds is 3. The van der Waals surface area contributed by atoms with Crippen LogP contribution in [0.2, 0.25) is 0 Å². The summed E-state index contributed by atoms with van der Waals surface area (Å²) in [6.07, 6.45) is 8.41. The molecule has 1 N–H and O–H groups in total. The third-order valence-electron chi connectivity index (χ3n) is 4.06. The molecule has 0 aromatic rings. The van der Waals surface area contributed by atoms with Crippen LogP contribution in [0.4, 0.5) is 0 Å². The van der Waals surface area contributed by atoms with Gasteiger partial charge in [-0.2, -0.15) is 0 Å².